The van der Waals surface area contributed by atoms with E-state index in [4.69, 9.17) is 14.2 Å². The third-order valence-corrected chi connectivity index (χ3v) is 4.34. The van der Waals surface area contributed by atoms with Gasteiger partial charge in [0.2, 0.25) is 0 Å². The Bertz CT molecular complexity index is 678. The monoisotopic (exact) mass is 401 g/mol. The molecule has 1 heterocycles. The van der Waals surface area contributed by atoms with Crippen molar-refractivity contribution in [3.8, 4) is 5.75 Å². The summed E-state index contributed by atoms with van der Waals surface area (Å²) in [5, 5.41) is 2.75. The van der Waals surface area contributed by atoms with Gasteiger partial charge in [-0.3, -0.25) is 0 Å². The summed E-state index contributed by atoms with van der Waals surface area (Å²) >= 11 is 3.19. The van der Waals surface area contributed by atoms with E-state index in [2.05, 4.69) is 21.2 Å². The van der Waals surface area contributed by atoms with Crippen LogP contribution in [0.1, 0.15) is 26.7 Å². The smallest absolute Gasteiger partial charge is 0.350 e. The van der Waals surface area contributed by atoms with E-state index in [-0.39, 0.29) is 11.3 Å². The third kappa shape index (κ3) is 3.53. The molecule has 24 heavy (non-hydrogen) atoms. The van der Waals surface area contributed by atoms with Gasteiger partial charge in [-0.05, 0) is 22.0 Å². The van der Waals surface area contributed by atoms with Crippen LogP contribution in [0, 0.1) is 5.82 Å². The van der Waals surface area contributed by atoms with Crippen LogP contribution < -0.4 is 10.1 Å². The first-order valence-electron chi connectivity index (χ1n) is 7.32. The molecule has 1 aromatic rings. The number of hydrogen-bond donors (Lipinski definition) is 1. The van der Waals surface area contributed by atoms with Gasteiger partial charge in [-0.1, -0.05) is 13.8 Å². The average molecular weight is 402 g/mol. The Kier molecular flexibility index (Phi) is 5.48. The van der Waals surface area contributed by atoms with Gasteiger partial charge in [0.15, 0.2) is 17.1 Å². The first kappa shape index (κ1) is 18.3. The summed E-state index contributed by atoms with van der Waals surface area (Å²) in [5.74, 6) is -3.29. The van der Waals surface area contributed by atoms with Gasteiger partial charge in [0, 0.05) is 29.6 Å². The molecule has 1 fully saturated rings. The highest BCUT2D eigenvalue weighted by Gasteiger charge is 2.43. The van der Waals surface area contributed by atoms with Crippen molar-refractivity contribution in [2.45, 2.75) is 32.5 Å². The van der Waals surface area contributed by atoms with Crippen molar-refractivity contribution in [3.63, 3.8) is 0 Å². The Labute approximate surface area is 147 Å². The zero-order valence-electron chi connectivity index (χ0n) is 13.4. The summed E-state index contributed by atoms with van der Waals surface area (Å²) < 4.78 is 29.4. The summed E-state index contributed by atoms with van der Waals surface area (Å²) in [5.41, 5.74) is 0.131. The lowest BCUT2D eigenvalue weighted by Gasteiger charge is -2.34. The maximum atomic E-state index is 13.6. The molecule has 1 N–H and O–H groups in total. The van der Waals surface area contributed by atoms with Crippen LogP contribution in [-0.2, 0) is 19.1 Å². The van der Waals surface area contributed by atoms with Crippen LogP contribution in [0.25, 0.3) is 0 Å². The van der Waals surface area contributed by atoms with Crippen molar-refractivity contribution < 1.29 is 28.2 Å². The molecule has 0 aromatic heterocycles. The quantitative estimate of drug-likeness (QED) is 0.462. The second-order valence-electron chi connectivity index (χ2n) is 5.07. The van der Waals surface area contributed by atoms with Crippen LogP contribution in [0.3, 0.4) is 0 Å². The zero-order valence-corrected chi connectivity index (χ0v) is 15.0. The normalized spacial score (nSPS) is 16.3. The number of nitrogens with one attached hydrogen (secondary N) is 1. The number of carbonyl (C=O) groups excluding carboxylic acids is 2. The lowest BCUT2D eigenvalue weighted by molar-refractivity contribution is -0.237. The number of carbonyl (C=O) groups is 2. The minimum absolute atomic E-state index is 0.0175. The minimum atomic E-state index is -1.22. The largest absolute Gasteiger partial charge is 0.494 e. The fraction of sp³-hybridized carbons (Fsp3) is 0.375. The maximum absolute atomic E-state index is 13.6. The molecule has 0 unspecified atom stereocenters. The Morgan fingerprint density at radius 2 is 1.83 bits per heavy atom. The van der Waals surface area contributed by atoms with Crippen molar-refractivity contribution in [3.05, 3.63) is 34.2 Å². The van der Waals surface area contributed by atoms with Crippen LogP contribution in [0.5, 0.6) is 5.75 Å². The molecule has 6 nitrogen and oxygen atoms in total. The fourth-order valence-electron chi connectivity index (χ4n) is 2.15. The molecule has 130 valence electrons. The predicted molar refractivity (Wildman–Crippen MR) is 87.9 cm³/mol. The van der Waals surface area contributed by atoms with Crippen molar-refractivity contribution in [1.29, 1.82) is 0 Å². The van der Waals surface area contributed by atoms with E-state index in [1.807, 2.05) is 0 Å². The minimum Gasteiger partial charge on any atom is -0.494 e. The van der Waals surface area contributed by atoms with Gasteiger partial charge < -0.3 is 19.5 Å². The Morgan fingerprint density at radius 3 is 2.33 bits per heavy atom. The highest BCUT2D eigenvalue weighted by atomic mass is 79.9. The Balaban J connectivity index is 2.24. The number of esters is 2. The molecule has 1 aliphatic rings. The van der Waals surface area contributed by atoms with Crippen molar-refractivity contribution in [2.75, 3.05) is 12.4 Å². The molecule has 8 heteroatoms. The highest BCUT2D eigenvalue weighted by Crippen LogP contribution is 2.32. The lowest BCUT2D eigenvalue weighted by Crippen LogP contribution is -2.45. The number of benzene rings is 1. The first-order chi connectivity index (χ1) is 11.4. The van der Waals surface area contributed by atoms with E-state index in [0.717, 1.165) is 6.20 Å². The summed E-state index contributed by atoms with van der Waals surface area (Å²) in [7, 11) is 1.33. The second kappa shape index (κ2) is 7.21. The van der Waals surface area contributed by atoms with Crippen LogP contribution in [0.15, 0.2) is 28.4 Å². The molecular weight excluding hydrogens is 385 g/mol. The summed E-state index contributed by atoms with van der Waals surface area (Å²) in [6.07, 6.45) is 1.89. The molecule has 1 saturated heterocycles. The van der Waals surface area contributed by atoms with Gasteiger partial charge in [0.25, 0.3) is 5.79 Å². The highest BCUT2D eigenvalue weighted by molar-refractivity contribution is 9.10. The molecule has 0 bridgehead atoms. The van der Waals surface area contributed by atoms with Crippen LogP contribution in [-0.4, -0.2) is 24.8 Å². The number of hydrogen-bond acceptors (Lipinski definition) is 6. The zero-order chi connectivity index (χ0) is 17.9. The second-order valence-corrected chi connectivity index (χ2v) is 5.92. The predicted octanol–water partition coefficient (Wildman–Crippen LogP) is 3.51. The van der Waals surface area contributed by atoms with E-state index in [1.165, 1.54) is 19.2 Å². The van der Waals surface area contributed by atoms with E-state index in [0.29, 0.717) is 23.0 Å². The molecule has 0 radical (unpaired) electrons. The summed E-state index contributed by atoms with van der Waals surface area (Å²) in [6, 6.07) is 2.59. The third-order valence-electron chi connectivity index (χ3n) is 3.69. The van der Waals surface area contributed by atoms with E-state index >= 15 is 0 Å². The van der Waals surface area contributed by atoms with Crippen molar-refractivity contribution in [1.82, 2.24) is 0 Å². The lowest BCUT2D eigenvalue weighted by atomic mass is 10.1. The fourth-order valence-corrected chi connectivity index (χ4v) is 2.58. The van der Waals surface area contributed by atoms with E-state index in [9.17, 15) is 14.0 Å². The number of cyclic esters (lactones) is 2. The number of anilines is 1. The van der Waals surface area contributed by atoms with Gasteiger partial charge >= 0.3 is 11.9 Å². The Morgan fingerprint density at radius 1 is 1.25 bits per heavy atom. The number of rotatable bonds is 5. The van der Waals surface area contributed by atoms with Gasteiger partial charge in [0.05, 0.1) is 12.8 Å². The number of halogens is 2. The molecule has 0 saturated carbocycles. The molecule has 0 spiro atoms. The Hall–Kier alpha value is -2.09. The van der Waals surface area contributed by atoms with Gasteiger partial charge in [-0.2, -0.15) is 0 Å². The van der Waals surface area contributed by atoms with Crippen molar-refractivity contribution in [2.24, 2.45) is 0 Å². The summed E-state index contributed by atoms with van der Waals surface area (Å²) in [6.45, 7) is 3.53. The summed E-state index contributed by atoms with van der Waals surface area (Å²) in [4.78, 5) is 24.2. The number of ether oxygens (including phenoxy) is 3. The molecule has 0 amide bonds. The van der Waals surface area contributed by atoms with Gasteiger partial charge in [-0.15, -0.1) is 0 Å². The SMILES string of the molecule is CCC1(CC)OC(=O)C(=CNc2cc(OC)c(F)cc2Br)C(=O)O1. The average Bonchev–Trinajstić information content (AvgIpc) is 2.55. The molecule has 1 aromatic carbocycles. The van der Waals surface area contributed by atoms with E-state index in [1.54, 1.807) is 13.8 Å². The molecule has 0 aliphatic carbocycles. The van der Waals surface area contributed by atoms with Crippen LogP contribution in [0.2, 0.25) is 0 Å². The van der Waals surface area contributed by atoms with Crippen LogP contribution >= 0.6 is 15.9 Å². The number of methoxy groups -OCH3 is 1. The van der Waals surface area contributed by atoms with Crippen LogP contribution in [0.4, 0.5) is 10.1 Å². The molecule has 2 rings (SSSR count). The molecule has 0 atom stereocenters. The maximum Gasteiger partial charge on any atom is 0.350 e. The van der Waals surface area contributed by atoms with Gasteiger partial charge in [-0.25, -0.2) is 14.0 Å². The first-order valence-corrected chi connectivity index (χ1v) is 8.11. The molecule has 1 aliphatic heterocycles. The topological polar surface area (TPSA) is 73.9 Å². The van der Waals surface area contributed by atoms with Gasteiger partial charge in [0.1, 0.15) is 0 Å². The standard InChI is InChI=1S/C16H17BrFNO5/c1-4-16(5-2)23-14(20)9(15(21)24-16)8-19-12-7-13(22-3)11(18)6-10(12)17/h6-8,19H,4-5H2,1-3H3. The van der Waals surface area contributed by atoms with Crippen molar-refractivity contribution >= 4 is 33.6 Å². The van der Waals surface area contributed by atoms with E-state index < -0.39 is 23.5 Å². The molecular formula is C16H17BrFNO5.